The van der Waals surface area contributed by atoms with E-state index in [0.717, 1.165) is 21.9 Å². The zero-order chi connectivity index (χ0) is 15.7. The van der Waals surface area contributed by atoms with Crippen LogP contribution in [0, 0.1) is 5.21 Å². The molecule has 114 valence electrons. The number of benzene rings is 2. The maximum Gasteiger partial charge on any atom is 0.163 e. The predicted molar refractivity (Wildman–Crippen MR) is 85.3 cm³/mol. The first-order valence-electron chi connectivity index (χ1n) is 6.97. The van der Waals surface area contributed by atoms with Crippen LogP contribution in [0.4, 0.5) is 11.4 Å². The second kappa shape index (κ2) is 6.10. The Morgan fingerprint density at radius 3 is 2.59 bits per heavy atom. The van der Waals surface area contributed by atoms with Crippen molar-refractivity contribution in [2.45, 2.75) is 23.5 Å². The molecule has 0 fully saturated rings. The predicted octanol–water partition coefficient (Wildman–Crippen LogP) is 2.11. The van der Waals surface area contributed by atoms with Crippen molar-refractivity contribution < 1.29 is 14.6 Å². The molecule has 6 heteroatoms. The Hall–Kier alpha value is -1.86. The lowest BCUT2D eigenvalue weighted by Crippen LogP contribution is -2.99. The number of aliphatic imine (C=N–C) groups is 1. The summed E-state index contributed by atoms with van der Waals surface area (Å²) in [5, 5.41) is 18.9. The summed E-state index contributed by atoms with van der Waals surface area (Å²) >= 11 is 0. The molecule has 1 aliphatic rings. The fourth-order valence-electron chi connectivity index (χ4n) is 2.46. The van der Waals surface area contributed by atoms with E-state index in [4.69, 9.17) is 5.21 Å². The van der Waals surface area contributed by atoms with Crippen molar-refractivity contribution in [3.63, 3.8) is 0 Å². The van der Waals surface area contributed by atoms with Crippen molar-refractivity contribution in [1.29, 1.82) is 0 Å². The standard InChI is InChI=1S/C16H16N2O3S/c1-11-10-15(12-6-8-13(9-7-12)18(19)20)17-14-4-2-3-5-16(14)22(11)21/h2-9,11,18-19H,10H2,1H3. The van der Waals surface area contributed by atoms with E-state index in [-0.39, 0.29) is 10.9 Å². The number of quaternary nitrogens is 1. The monoisotopic (exact) mass is 316 g/mol. The third-order valence-electron chi connectivity index (χ3n) is 3.65. The van der Waals surface area contributed by atoms with E-state index in [1.165, 1.54) is 0 Å². The molecule has 0 bridgehead atoms. The normalized spacial score (nSPS) is 22.4. The Balaban J connectivity index is 2.04. The molecular weight excluding hydrogens is 300 g/mol. The molecule has 1 heterocycles. The molecule has 0 radical (unpaired) electrons. The van der Waals surface area contributed by atoms with Crippen LogP contribution >= 0.6 is 0 Å². The van der Waals surface area contributed by atoms with E-state index >= 15 is 0 Å². The minimum atomic E-state index is -1.09. The van der Waals surface area contributed by atoms with Gasteiger partial charge in [-0.05, 0) is 29.8 Å². The number of para-hydroxylation sites is 1. The zero-order valence-electron chi connectivity index (χ0n) is 12.0. The molecular formula is C16H16N2O3S. The molecule has 3 atom stereocenters. The van der Waals surface area contributed by atoms with Gasteiger partial charge in [-0.1, -0.05) is 19.1 Å². The Morgan fingerprint density at radius 2 is 1.91 bits per heavy atom. The lowest BCUT2D eigenvalue weighted by molar-refractivity contribution is -0.991. The topological polar surface area (TPSA) is 77.2 Å². The van der Waals surface area contributed by atoms with Crippen molar-refractivity contribution in [2.75, 3.05) is 0 Å². The van der Waals surface area contributed by atoms with E-state index in [0.29, 0.717) is 6.42 Å². The first-order valence-corrected chi connectivity index (χ1v) is 8.18. The highest BCUT2D eigenvalue weighted by atomic mass is 32.2. The Morgan fingerprint density at radius 1 is 1.23 bits per heavy atom. The van der Waals surface area contributed by atoms with E-state index in [1.54, 1.807) is 24.3 Å². The first kappa shape index (κ1) is 15.1. The molecule has 2 aromatic rings. The van der Waals surface area contributed by atoms with Crippen LogP contribution in [0.3, 0.4) is 0 Å². The van der Waals surface area contributed by atoms with Gasteiger partial charge >= 0.3 is 0 Å². The molecule has 5 nitrogen and oxygen atoms in total. The fourth-order valence-corrected chi connectivity index (χ4v) is 3.74. The van der Waals surface area contributed by atoms with Crippen LogP contribution in [-0.2, 0) is 10.8 Å². The highest BCUT2D eigenvalue weighted by Gasteiger charge is 2.23. The Kier molecular flexibility index (Phi) is 4.17. The van der Waals surface area contributed by atoms with Crippen molar-refractivity contribution in [3.8, 4) is 0 Å². The second-order valence-corrected chi connectivity index (χ2v) is 7.06. The molecule has 0 spiro atoms. The Labute approximate surface area is 130 Å². The van der Waals surface area contributed by atoms with Gasteiger partial charge in [0, 0.05) is 29.5 Å². The summed E-state index contributed by atoms with van der Waals surface area (Å²) in [4.78, 5) is 5.42. The summed E-state index contributed by atoms with van der Waals surface area (Å²) in [6, 6.07) is 14.1. The van der Waals surface area contributed by atoms with Crippen molar-refractivity contribution in [1.82, 2.24) is 0 Å². The van der Waals surface area contributed by atoms with Crippen LogP contribution in [0.15, 0.2) is 58.4 Å². The number of rotatable bonds is 2. The molecule has 2 N–H and O–H groups in total. The zero-order valence-corrected chi connectivity index (χ0v) is 12.8. The molecule has 3 unspecified atom stereocenters. The summed E-state index contributed by atoms with van der Waals surface area (Å²) in [5.41, 5.74) is 2.67. The summed E-state index contributed by atoms with van der Waals surface area (Å²) in [5.74, 6) is 0. The van der Waals surface area contributed by atoms with Gasteiger partial charge in [0.2, 0.25) is 0 Å². The largest absolute Gasteiger partial charge is 0.595 e. The molecule has 0 saturated carbocycles. The van der Waals surface area contributed by atoms with Crippen molar-refractivity contribution >= 4 is 27.9 Å². The Bertz CT molecular complexity index is 741. The summed E-state index contributed by atoms with van der Waals surface area (Å²) in [7, 11) is -1.09. The van der Waals surface area contributed by atoms with Gasteiger partial charge in [0.25, 0.3) is 0 Å². The maximum absolute atomic E-state index is 12.5. The van der Waals surface area contributed by atoms with Gasteiger partial charge in [-0.3, -0.25) is 9.20 Å². The third-order valence-corrected chi connectivity index (χ3v) is 5.33. The van der Waals surface area contributed by atoms with Crippen molar-refractivity contribution in [2.24, 2.45) is 4.99 Å². The maximum atomic E-state index is 12.5. The number of hydrogen-bond donors (Lipinski definition) is 2. The van der Waals surface area contributed by atoms with Crippen LogP contribution < -0.4 is 5.23 Å². The van der Waals surface area contributed by atoms with Gasteiger partial charge < -0.3 is 5.21 Å². The molecule has 0 amide bonds. The third kappa shape index (κ3) is 2.86. The quantitative estimate of drug-likeness (QED) is 0.833. The first-order chi connectivity index (χ1) is 10.6. The molecule has 3 rings (SSSR count). The van der Waals surface area contributed by atoms with Crippen LogP contribution in [-0.4, -0.2) is 20.4 Å². The molecule has 0 aromatic heterocycles. The van der Waals surface area contributed by atoms with E-state index in [9.17, 15) is 9.42 Å². The highest BCUT2D eigenvalue weighted by Crippen LogP contribution is 2.30. The average Bonchev–Trinajstić information content (AvgIpc) is 2.65. The number of nitrogens with one attached hydrogen (secondary N) is 1. The number of hydrogen-bond acceptors (Lipinski definition) is 4. The SMILES string of the molecule is CC1CC(c2ccc([NH+]([O-])O)cc2)=Nc2ccccc2S1=O. The highest BCUT2D eigenvalue weighted by molar-refractivity contribution is 7.85. The number of fused-ring (bicyclic) bond motifs is 1. The lowest BCUT2D eigenvalue weighted by Gasteiger charge is -2.13. The number of nitrogens with zero attached hydrogens (tertiary/aromatic N) is 1. The van der Waals surface area contributed by atoms with Crippen LogP contribution in [0.1, 0.15) is 18.9 Å². The van der Waals surface area contributed by atoms with Gasteiger partial charge in [-0.15, -0.1) is 0 Å². The minimum Gasteiger partial charge on any atom is -0.595 e. The van der Waals surface area contributed by atoms with Gasteiger partial charge in [-0.25, -0.2) is 5.21 Å². The average molecular weight is 316 g/mol. The molecule has 1 aliphatic heterocycles. The van der Waals surface area contributed by atoms with Crippen LogP contribution in [0.2, 0.25) is 0 Å². The molecule has 0 aliphatic carbocycles. The second-order valence-electron chi connectivity index (χ2n) is 5.22. The van der Waals surface area contributed by atoms with E-state index in [2.05, 4.69) is 4.99 Å². The van der Waals surface area contributed by atoms with Crippen LogP contribution in [0.5, 0.6) is 0 Å². The van der Waals surface area contributed by atoms with Crippen LogP contribution in [0.25, 0.3) is 0 Å². The summed E-state index contributed by atoms with van der Waals surface area (Å²) in [6.45, 7) is 1.94. The molecule has 22 heavy (non-hydrogen) atoms. The fraction of sp³-hybridized carbons (Fsp3) is 0.188. The summed E-state index contributed by atoms with van der Waals surface area (Å²) < 4.78 is 12.5. The van der Waals surface area contributed by atoms with Crippen molar-refractivity contribution in [3.05, 3.63) is 59.3 Å². The molecule has 0 saturated heterocycles. The van der Waals surface area contributed by atoms with E-state index < -0.39 is 16.0 Å². The van der Waals surface area contributed by atoms with Gasteiger partial charge in [0.1, 0.15) is 0 Å². The minimum absolute atomic E-state index is 0.0402. The summed E-state index contributed by atoms with van der Waals surface area (Å²) in [6.07, 6.45) is 0.591. The lowest BCUT2D eigenvalue weighted by atomic mass is 10.1. The van der Waals surface area contributed by atoms with E-state index in [1.807, 2.05) is 31.2 Å². The van der Waals surface area contributed by atoms with Gasteiger partial charge in [-0.2, -0.15) is 5.23 Å². The smallest absolute Gasteiger partial charge is 0.163 e. The van der Waals surface area contributed by atoms with Gasteiger partial charge in [0.05, 0.1) is 21.4 Å². The molecule has 2 aromatic carbocycles. The van der Waals surface area contributed by atoms with Gasteiger partial charge in [0.15, 0.2) is 5.69 Å².